The van der Waals surface area contributed by atoms with Gasteiger partial charge >= 0.3 is 5.97 Å². The van der Waals surface area contributed by atoms with Gasteiger partial charge in [-0.3, -0.25) is 4.79 Å². The number of hydrogen-bond donors (Lipinski definition) is 0. The summed E-state index contributed by atoms with van der Waals surface area (Å²) in [6.07, 6.45) is 4.77. The number of hydrogen-bond acceptors (Lipinski definition) is 4. The molecule has 144 valence electrons. The lowest BCUT2D eigenvalue weighted by Gasteiger charge is -2.32. The Morgan fingerprint density at radius 2 is 1.78 bits per heavy atom. The van der Waals surface area contributed by atoms with Crippen LogP contribution in [0, 0.1) is 0 Å². The SMILES string of the molecule is C[C@@H](OC(=O)COc1ccc2ccccc2c1)C(=O)N(C)C1CCCCC1. The predicted molar refractivity (Wildman–Crippen MR) is 105 cm³/mol. The van der Waals surface area contributed by atoms with Crippen LogP contribution in [0.5, 0.6) is 5.75 Å². The fourth-order valence-electron chi connectivity index (χ4n) is 3.62. The first-order valence-corrected chi connectivity index (χ1v) is 9.62. The minimum absolute atomic E-state index is 0.152. The first-order chi connectivity index (χ1) is 13.0. The van der Waals surface area contributed by atoms with Crippen molar-refractivity contribution in [3.05, 3.63) is 42.5 Å². The molecule has 5 nitrogen and oxygen atoms in total. The van der Waals surface area contributed by atoms with E-state index in [0.29, 0.717) is 5.75 Å². The molecule has 2 aromatic carbocycles. The molecule has 0 unspecified atom stereocenters. The van der Waals surface area contributed by atoms with E-state index in [1.54, 1.807) is 18.9 Å². The molecule has 0 bridgehead atoms. The molecule has 0 heterocycles. The van der Waals surface area contributed by atoms with Crippen LogP contribution < -0.4 is 4.74 Å². The van der Waals surface area contributed by atoms with Crippen LogP contribution >= 0.6 is 0 Å². The number of nitrogens with zero attached hydrogens (tertiary/aromatic N) is 1. The van der Waals surface area contributed by atoms with Gasteiger partial charge in [-0.1, -0.05) is 49.6 Å². The number of rotatable bonds is 6. The molecule has 5 heteroatoms. The lowest BCUT2D eigenvalue weighted by molar-refractivity contribution is -0.161. The van der Waals surface area contributed by atoms with E-state index in [1.165, 1.54) is 6.42 Å². The number of amides is 1. The fraction of sp³-hybridized carbons (Fsp3) is 0.455. The summed E-state index contributed by atoms with van der Waals surface area (Å²) < 4.78 is 10.8. The van der Waals surface area contributed by atoms with Gasteiger partial charge in [0.05, 0.1) is 0 Å². The Hall–Kier alpha value is -2.56. The van der Waals surface area contributed by atoms with Gasteiger partial charge in [0.15, 0.2) is 12.7 Å². The highest BCUT2D eigenvalue weighted by atomic mass is 16.6. The number of carbonyl (C=O) groups excluding carboxylic acids is 2. The zero-order valence-corrected chi connectivity index (χ0v) is 16.0. The van der Waals surface area contributed by atoms with Crippen molar-refractivity contribution in [3.63, 3.8) is 0 Å². The molecule has 0 aliphatic heterocycles. The lowest BCUT2D eigenvalue weighted by atomic mass is 9.94. The van der Waals surface area contributed by atoms with Crippen molar-refractivity contribution in [2.24, 2.45) is 0 Å². The van der Waals surface area contributed by atoms with Crippen LogP contribution in [0.2, 0.25) is 0 Å². The molecule has 27 heavy (non-hydrogen) atoms. The van der Waals surface area contributed by atoms with Gasteiger partial charge in [0, 0.05) is 13.1 Å². The predicted octanol–water partition coefficient (Wildman–Crippen LogP) is 3.94. The third-order valence-corrected chi connectivity index (χ3v) is 5.20. The Bertz CT molecular complexity index is 798. The second kappa shape index (κ2) is 8.89. The van der Waals surface area contributed by atoms with Gasteiger partial charge in [-0.05, 0) is 42.7 Å². The van der Waals surface area contributed by atoms with Crippen molar-refractivity contribution in [2.45, 2.75) is 51.2 Å². The maximum absolute atomic E-state index is 12.5. The molecule has 0 N–H and O–H groups in total. The Balaban J connectivity index is 1.49. The van der Waals surface area contributed by atoms with E-state index in [0.717, 1.165) is 36.5 Å². The van der Waals surface area contributed by atoms with Crippen molar-refractivity contribution in [1.82, 2.24) is 4.90 Å². The highest BCUT2D eigenvalue weighted by Crippen LogP contribution is 2.23. The Labute approximate surface area is 160 Å². The minimum atomic E-state index is -0.801. The number of fused-ring (bicyclic) bond motifs is 1. The smallest absolute Gasteiger partial charge is 0.344 e. The summed E-state index contributed by atoms with van der Waals surface area (Å²) in [4.78, 5) is 26.3. The number of esters is 1. The lowest BCUT2D eigenvalue weighted by Crippen LogP contribution is -2.44. The summed E-state index contributed by atoms with van der Waals surface area (Å²) in [6, 6.07) is 13.8. The van der Waals surface area contributed by atoms with Gasteiger partial charge in [-0.2, -0.15) is 0 Å². The first-order valence-electron chi connectivity index (χ1n) is 9.62. The molecule has 1 amide bonds. The Morgan fingerprint density at radius 3 is 2.52 bits per heavy atom. The second-order valence-corrected chi connectivity index (χ2v) is 7.17. The van der Waals surface area contributed by atoms with Gasteiger partial charge in [-0.15, -0.1) is 0 Å². The zero-order chi connectivity index (χ0) is 19.2. The van der Waals surface area contributed by atoms with E-state index in [2.05, 4.69) is 0 Å². The van der Waals surface area contributed by atoms with Crippen LogP contribution in [-0.2, 0) is 14.3 Å². The number of likely N-dealkylation sites (N-methyl/N-ethyl adjacent to an activating group) is 1. The van der Waals surface area contributed by atoms with Crippen LogP contribution in [0.4, 0.5) is 0 Å². The molecule has 0 aromatic heterocycles. The van der Waals surface area contributed by atoms with E-state index >= 15 is 0 Å². The van der Waals surface area contributed by atoms with Crippen LogP contribution in [0.3, 0.4) is 0 Å². The summed E-state index contributed by atoms with van der Waals surface area (Å²) in [6.45, 7) is 1.40. The van der Waals surface area contributed by atoms with Gasteiger partial charge in [-0.25, -0.2) is 4.79 Å². The Morgan fingerprint density at radius 1 is 1.07 bits per heavy atom. The number of ether oxygens (including phenoxy) is 2. The Kier molecular flexibility index (Phi) is 6.32. The zero-order valence-electron chi connectivity index (χ0n) is 16.0. The summed E-state index contributed by atoms with van der Waals surface area (Å²) in [5.74, 6) is -0.0917. The van der Waals surface area contributed by atoms with Gasteiger partial charge in [0.1, 0.15) is 5.75 Å². The van der Waals surface area contributed by atoms with Crippen molar-refractivity contribution >= 4 is 22.6 Å². The maximum atomic E-state index is 12.5. The molecule has 1 aliphatic rings. The summed E-state index contributed by atoms with van der Waals surface area (Å²) in [5.41, 5.74) is 0. The van der Waals surface area contributed by atoms with Crippen LogP contribution in [0.1, 0.15) is 39.0 Å². The second-order valence-electron chi connectivity index (χ2n) is 7.17. The molecule has 1 fully saturated rings. The average molecular weight is 369 g/mol. The van der Waals surface area contributed by atoms with Crippen molar-refractivity contribution in [1.29, 1.82) is 0 Å². The number of carbonyl (C=O) groups is 2. The molecular formula is C22H27NO4. The fourth-order valence-corrected chi connectivity index (χ4v) is 3.62. The van der Waals surface area contributed by atoms with E-state index in [4.69, 9.17) is 9.47 Å². The molecule has 1 aliphatic carbocycles. The third kappa shape index (κ3) is 5.00. The van der Waals surface area contributed by atoms with E-state index in [1.807, 2.05) is 42.5 Å². The monoisotopic (exact) mass is 369 g/mol. The molecule has 2 aromatic rings. The molecular weight excluding hydrogens is 342 g/mol. The largest absolute Gasteiger partial charge is 0.482 e. The van der Waals surface area contributed by atoms with E-state index in [-0.39, 0.29) is 18.6 Å². The van der Waals surface area contributed by atoms with Crippen molar-refractivity contribution in [2.75, 3.05) is 13.7 Å². The summed E-state index contributed by atoms with van der Waals surface area (Å²) >= 11 is 0. The van der Waals surface area contributed by atoms with E-state index < -0.39 is 12.1 Å². The topological polar surface area (TPSA) is 55.8 Å². The third-order valence-electron chi connectivity index (χ3n) is 5.20. The molecule has 0 spiro atoms. The molecule has 3 rings (SSSR count). The standard InChI is InChI=1S/C22H27NO4/c1-16(22(25)23(2)19-10-4-3-5-11-19)27-21(24)15-26-20-13-12-17-8-6-7-9-18(17)14-20/h6-9,12-14,16,19H,3-5,10-11,15H2,1-2H3/t16-/m1/s1. The first kappa shape index (κ1) is 19.2. The van der Waals surface area contributed by atoms with Crippen LogP contribution in [-0.4, -0.2) is 42.6 Å². The number of benzene rings is 2. The molecule has 0 radical (unpaired) electrons. The van der Waals surface area contributed by atoms with Gasteiger partial charge < -0.3 is 14.4 Å². The van der Waals surface area contributed by atoms with Crippen molar-refractivity contribution < 1.29 is 19.1 Å². The van der Waals surface area contributed by atoms with Crippen LogP contribution in [0.25, 0.3) is 10.8 Å². The maximum Gasteiger partial charge on any atom is 0.344 e. The summed E-state index contributed by atoms with van der Waals surface area (Å²) in [7, 11) is 1.80. The molecule has 1 atom stereocenters. The van der Waals surface area contributed by atoms with Gasteiger partial charge in [0.2, 0.25) is 0 Å². The van der Waals surface area contributed by atoms with Crippen LogP contribution in [0.15, 0.2) is 42.5 Å². The minimum Gasteiger partial charge on any atom is -0.482 e. The highest BCUT2D eigenvalue weighted by molar-refractivity contribution is 5.85. The van der Waals surface area contributed by atoms with Gasteiger partial charge in [0.25, 0.3) is 5.91 Å². The van der Waals surface area contributed by atoms with E-state index in [9.17, 15) is 9.59 Å². The molecule has 0 saturated heterocycles. The summed E-state index contributed by atoms with van der Waals surface area (Å²) in [5, 5.41) is 2.15. The van der Waals surface area contributed by atoms with Crippen molar-refractivity contribution in [3.8, 4) is 5.75 Å². The quantitative estimate of drug-likeness (QED) is 0.724. The average Bonchev–Trinajstić information content (AvgIpc) is 2.71. The molecule has 1 saturated carbocycles. The normalized spacial score (nSPS) is 15.9. The highest BCUT2D eigenvalue weighted by Gasteiger charge is 2.27.